The predicted molar refractivity (Wildman–Crippen MR) is 49.1 cm³/mol. The Bertz CT molecular complexity index is 232. The van der Waals surface area contributed by atoms with E-state index in [0.717, 1.165) is 25.7 Å². The van der Waals surface area contributed by atoms with Gasteiger partial charge in [-0.1, -0.05) is 0 Å². The minimum atomic E-state index is -0.829. The van der Waals surface area contributed by atoms with Crippen molar-refractivity contribution in [3.8, 4) is 0 Å². The van der Waals surface area contributed by atoms with Gasteiger partial charge in [0.25, 0.3) is 0 Å². The Balaban J connectivity index is 1.92. The molecule has 1 atom stereocenters. The van der Waals surface area contributed by atoms with E-state index in [-0.39, 0.29) is 11.7 Å². The van der Waals surface area contributed by atoms with Crippen LogP contribution in [0.1, 0.15) is 32.1 Å². The van der Waals surface area contributed by atoms with Crippen LogP contribution in [0.15, 0.2) is 0 Å². The van der Waals surface area contributed by atoms with Gasteiger partial charge in [-0.3, -0.25) is 0 Å². The first-order chi connectivity index (χ1) is 6.65. The van der Waals surface area contributed by atoms with Crippen LogP contribution in [0.3, 0.4) is 0 Å². The Morgan fingerprint density at radius 1 is 1.57 bits per heavy atom. The highest BCUT2D eigenvalue weighted by Gasteiger charge is 2.49. The van der Waals surface area contributed by atoms with E-state index in [1.165, 1.54) is 0 Å². The van der Waals surface area contributed by atoms with Crippen LogP contribution in [0.4, 0.5) is 0 Å². The minimum absolute atomic E-state index is 0.179. The van der Waals surface area contributed by atoms with Gasteiger partial charge in [-0.2, -0.15) is 0 Å². The first-order valence-electron chi connectivity index (χ1n) is 5.09. The molecular formula is C10H16O4. The van der Waals surface area contributed by atoms with Crippen LogP contribution in [0, 0.1) is 0 Å². The summed E-state index contributed by atoms with van der Waals surface area (Å²) in [6.45, 7) is 0. The molecule has 1 heterocycles. The number of rotatable bonds is 2. The lowest BCUT2D eigenvalue weighted by Gasteiger charge is -2.50. The molecule has 1 N–H and O–H groups in total. The number of hydrogen-bond donors (Lipinski definition) is 1. The summed E-state index contributed by atoms with van der Waals surface area (Å²) in [5.41, 5.74) is -0.179. The maximum Gasteiger partial charge on any atom is 0.332 e. The Labute approximate surface area is 83.2 Å². The predicted octanol–water partition coefficient (Wildman–Crippen LogP) is 1.19. The summed E-state index contributed by atoms with van der Waals surface area (Å²) in [4.78, 5) is 10.8. The number of carboxylic acids is 1. The van der Waals surface area contributed by atoms with E-state index in [4.69, 9.17) is 14.6 Å². The van der Waals surface area contributed by atoms with Crippen LogP contribution in [-0.4, -0.2) is 36.0 Å². The molecule has 1 saturated carbocycles. The fourth-order valence-electron chi connectivity index (χ4n) is 2.44. The van der Waals surface area contributed by atoms with Crippen LogP contribution in [-0.2, 0) is 14.3 Å². The quantitative estimate of drug-likeness (QED) is 0.727. The summed E-state index contributed by atoms with van der Waals surface area (Å²) in [6.07, 6.45) is 3.96. The van der Waals surface area contributed by atoms with Gasteiger partial charge in [-0.05, 0) is 19.3 Å². The molecule has 0 amide bonds. The third kappa shape index (κ3) is 1.64. The van der Waals surface area contributed by atoms with Crippen molar-refractivity contribution in [3.05, 3.63) is 0 Å². The molecule has 80 valence electrons. The maximum absolute atomic E-state index is 10.8. The number of aliphatic carboxylic acids is 1. The fourth-order valence-corrected chi connectivity index (χ4v) is 2.44. The van der Waals surface area contributed by atoms with Crippen LogP contribution < -0.4 is 0 Å². The second kappa shape index (κ2) is 3.51. The molecule has 0 aromatic rings. The van der Waals surface area contributed by atoms with Crippen molar-refractivity contribution in [3.63, 3.8) is 0 Å². The van der Waals surface area contributed by atoms with Gasteiger partial charge in [0.2, 0.25) is 0 Å². The molecule has 1 saturated heterocycles. The zero-order chi connectivity index (χ0) is 10.2. The van der Waals surface area contributed by atoms with Gasteiger partial charge in [0, 0.05) is 20.0 Å². The average Bonchev–Trinajstić information content (AvgIpc) is 2.14. The van der Waals surface area contributed by atoms with Crippen molar-refractivity contribution in [1.29, 1.82) is 0 Å². The summed E-state index contributed by atoms with van der Waals surface area (Å²) in [7, 11) is 1.69. The number of carbonyl (C=O) groups is 1. The zero-order valence-corrected chi connectivity index (χ0v) is 8.36. The first-order valence-corrected chi connectivity index (χ1v) is 5.09. The average molecular weight is 200 g/mol. The van der Waals surface area contributed by atoms with Gasteiger partial charge in [-0.25, -0.2) is 4.79 Å². The molecule has 2 fully saturated rings. The van der Waals surface area contributed by atoms with Crippen molar-refractivity contribution in [2.75, 3.05) is 7.11 Å². The summed E-state index contributed by atoms with van der Waals surface area (Å²) >= 11 is 0. The van der Waals surface area contributed by atoms with Crippen LogP contribution in [0.2, 0.25) is 0 Å². The van der Waals surface area contributed by atoms with Crippen molar-refractivity contribution in [2.24, 2.45) is 0 Å². The Morgan fingerprint density at radius 2 is 2.29 bits per heavy atom. The molecule has 4 heteroatoms. The Morgan fingerprint density at radius 3 is 2.86 bits per heavy atom. The molecule has 1 aliphatic heterocycles. The smallest absolute Gasteiger partial charge is 0.332 e. The molecule has 0 radical (unpaired) electrons. The largest absolute Gasteiger partial charge is 0.479 e. The summed E-state index contributed by atoms with van der Waals surface area (Å²) < 4.78 is 10.8. The molecule has 1 unspecified atom stereocenters. The lowest BCUT2D eigenvalue weighted by molar-refractivity contribution is -0.219. The number of hydrogen-bond acceptors (Lipinski definition) is 3. The molecule has 14 heavy (non-hydrogen) atoms. The highest BCUT2D eigenvalue weighted by atomic mass is 16.5. The maximum atomic E-state index is 10.8. The third-order valence-corrected chi connectivity index (χ3v) is 3.30. The van der Waals surface area contributed by atoms with E-state index in [2.05, 4.69) is 0 Å². The van der Waals surface area contributed by atoms with E-state index < -0.39 is 12.1 Å². The topological polar surface area (TPSA) is 55.8 Å². The van der Waals surface area contributed by atoms with E-state index in [1.54, 1.807) is 7.11 Å². The molecule has 0 aromatic carbocycles. The van der Waals surface area contributed by atoms with Gasteiger partial charge in [-0.15, -0.1) is 0 Å². The summed E-state index contributed by atoms with van der Waals surface area (Å²) in [5, 5.41) is 8.86. The van der Waals surface area contributed by atoms with E-state index in [1.807, 2.05) is 0 Å². The van der Waals surface area contributed by atoms with Crippen LogP contribution >= 0.6 is 0 Å². The summed E-state index contributed by atoms with van der Waals surface area (Å²) in [5.74, 6) is -0.829. The molecule has 1 spiro atoms. The van der Waals surface area contributed by atoms with Crippen molar-refractivity contribution in [1.82, 2.24) is 0 Å². The molecule has 2 rings (SSSR count). The van der Waals surface area contributed by atoms with Gasteiger partial charge in [0.05, 0.1) is 11.7 Å². The number of methoxy groups -OCH3 is 1. The molecule has 0 aromatic heterocycles. The third-order valence-electron chi connectivity index (χ3n) is 3.30. The van der Waals surface area contributed by atoms with Gasteiger partial charge in [0.1, 0.15) is 0 Å². The van der Waals surface area contributed by atoms with Gasteiger partial charge >= 0.3 is 5.97 Å². The normalized spacial score (nSPS) is 42.1. The Kier molecular flexibility index (Phi) is 2.49. The SMILES string of the molecule is COC1CC2(CCCC(C(=O)O)O2)C1. The lowest BCUT2D eigenvalue weighted by Crippen LogP contribution is -2.55. The second-order valence-corrected chi connectivity index (χ2v) is 4.29. The highest BCUT2D eigenvalue weighted by Crippen LogP contribution is 2.45. The first kappa shape index (κ1) is 9.93. The van der Waals surface area contributed by atoms with E-state index >= 15 is 0 Å². The molecule has 4 nitrogen and oxygen atoms in total. The second-order valence-electron chi connectivity index (χ2n) is 4.29. The van der Waals surface area contributed by atoms with Gasteiger partial charge < -0.3 is 14.6 Å². The summed E-state index contributed by atoms with van der Waals surface area (Å²) in [6, 6.07) is 0. The van der Waals surface area contributed by atoms with Crippen molar-refractivity contribution >= 4 is 5.97 Å². The standard InChI is InChI=1S/C10H16O4/c1-13-7-5-10(6-7)4-2-3-8(14-10)9(11)12/h7-8H,2-6H2,1H3,(H,11,12). The monoisotopic (exact) mass is 200 g/mol. The molecular weight excluding hydrogens is 184 g/mol. The molecule has 0 bridgehead atoms. The lowest BCUT2D eigenvalue weighted by atomic mass is 9.72. The number of ether oxygens (including phenoxy) is 2. The molecule has 1 aliphatic carbocycles. The van der Waals surface area contributed by atoms with Gasteiger partial charge in [0.15, 0.2) is 6.10 Å². The number of carboxylic acid groups (broad SMARTS) is 1. The van der Waals surface area contributed by atoms with Crippen LogP contribution in [0.5, 0.6) is 0 Å². The minimum Gasteiger partial charge on any atom is -0.479 e. The van der Waals surface area contributed by atoms with Crippen molar-refractivity contribution in [2.45, 2.75) is 49.9 Å². The van der Waals surface area contributed by atoms with E-state index in [9.17, 15) is 4.79 Å². The fraction of sp³-hybridized carbons (Fsp3) is 0.900. The van der Waals surface area contributed by atoms with E-state index in [0.29, 0.717) is 6.42 Å². The van der Waals surface area contributed by atoms with Crippen molar-refractivity contribution < 1.29 is 19.4 Å². The Hall–Kier alpha value is -0.610. The highest BCUT2D eigenvalue weighted by molar-refractivity contribution is 5.72. The molecule has 2 aliphatic rings. The zero-order valence-electron chi connectivity index (χ0n) is 8.36. The van der Waals surface area contributed by atoms with Crippen LogP contribution in [0.25, 0.3) is 0 Å².